The van der Waals surface area contributed by atoms with Crippen LogP contribution in [-0.4, -0.2) is 152 Å². The molecule has 2 aliphatic rings. The Bertz CT molecular complexity index is 1610. The summed E-state index contributed by atoms with van der Waals surface area (Å²) in [6, 6.07) is 3.02. The number of carbonyl (C=O) groups is 7. The van der Waals surface area contributed by atoms with Crippen LogP contribution in [0.15, 0.2) is 30.4 Å². The second-order valence-electron chi connectivity index (χ2n) is 15.1. The van der Waals surface area contributed by atoms with Gasteiger partial charge in [-0.3, -0.25) is 19.2 Å². The zero-order valence-electron chi connectivity index (χ0n) is 34.3. The Kier molecular flexibility index (Phi) is 24.0. The monoisotopic (exact) mass is 872 g/mol. The Morgan fingerprint density at radius 2 is 1.15 bits per heavy atom. The molecule has 3 rings (SSSR count). The lowest BCUT2D eigenvalue weighted by molar-refractivity contribution is -0.160. The number of allylic oxidation sites excluding steroid dienone is 2. The Labute approximate surface area is 352 Å². The number of aromatic carboxylic acids is 2. The standard InChI is InChI=1S/C15H18O8.C13H22O6.C13H20O6/c1-2-15(6-16,7-17)8-23-14(22)10-4-3-9(12(18)19)5-11(10)13(20)21;1-2-13(6-14,7-15)8-19-12(18)10-5-3-4-9(10)11(16)17;14-6-5-9(7-15)8-19-13(18)11-4-2-1-3-10(11)12(16)17/h3-5,16-17H,2,6-8H2,1H3,(H,18,19)(H,20,21);9-10,14-15H,2-8H2,1H3,(H,16,17);1-2,9-11,14-15H,3-8H2,(H,16,17). The number of ether oxygens (including phenoxy) is 3. The molecule has 1 aromatic carbocycles. The molecule has 10 N–H and O–H groups in total. The molecule has 0 heterocycles. The fourth-order valence-corrected chi connectivity index (χ4v) is 6.20. The van der Waals surface area contributed by atoms with Crippen LogP contribution in [0.4, 0.5) is 0 Å². The third-order valence-electron chi connectivity index (χ3n) is 11.0. The molecule has 0 saturated heterocycles. The molecule has 0 radical (unpaired) electrons. The van der Waals surface area contributed by atoms with Gasteiger partial charge in [-0.2, -0.15) is 0 Å². The molecule has 0 aliphatic heterocycles. The molecule has 20 heteroatoms. The number of esters is 3. The molecule has 2 aliphatic carbocycles. The smallest absolute Gasteiger partial charge is 0.339 e. The number of aliphatic carboxylic acids is 2. The van der Waals surface area contributed by atoms with Gasteiger partial charge in [0.2, 0.25) is 0 Å². The van der Waals surface area contributed by atoms with Crippen molar-refractivity contribution < 1.29 is 98.8 Å². The zero-order valence-corrected chi connectivity index (χ0v) is 34.3. The van der Waals surface area contributed by atoms with E-state index < -0.39 is 95.1 Å². The number of carbonyl (C=O) groups excluding carboxylic acids is 3. The highest BCUT2D eigenvalue weighted by molar-refractivity contribution is 6.04. The summed E-state index contributed by atoms with van der Waals surface area (Å²) >= 11 is 0. The van der Waals surface area contributed by atoms with Crippen LogP contribution in [0.25, 0.3) is 0 Å². The zero-order chi connectivity index (χ0) is 46.3. The molecular formula is C41H60O20. The molecule has 344 valence electrons. The van der Waals surface area contributed by atoms with E-state index in [9.17, 15) is 54.0 Å². The normalized spacial score (nSPS) is 18.9. The van der Waals surface area contributed by atoms with Gasteiger partial charge in [0.25, 0.3) is 0 Å². The highest BCUT2D eigenvalue weighted by Crippen LogP contribution is 2.34. The first kappa shape index (κ1) is 54.0. The first-order valence-electron chi connectivity index (χ1n) is 19.8. The summed E-state index contributed by atoms with van der Waals surface area (Å²) in [6.07, 6.45) is 7.10. The van der Waals surface area contributed by atoms with Gasteiger partial charge in [-0.15, -0.1) is 0 Å². The number of rotatable bonds is 22. The maximum Gasteiger partial charge on any atom is 0.339 e. The minimum absolute atomic E-state index is 0.00243. The highest BCUT2D eigenvalue weighted by atomic mass is 16.5. The summed E-state index contributed by atoms with van der Waals surface area (Å²) in [5, 5.41) is 90.9. The van der Waals surface area contributed by atoms with E-state index in [0.717, 1.165) is 18.2 Å². The molecule has 5 unspecified atom stereocenters. The highest BCUT2D eigenvalue weighted by Gasteiger charge is 2.40. The number of hydrogen-bond acceptors (Lipinski definition) is 16. The number of carboxylic acids is 4. The molecule has 0 spiro atoms. The van der Waals surface area contributed by atoms with Crippen molar-refractivity contribution in [1.82, 2.24) is 0 Å². The van der Waals surface area contributed by atoms with Gasteiger partial charge in [0, 0.05) is 19.1 Å². The van der Waals surface area contributed by atoms with E-state index >= 15 is 0 Å². The molecule has 1 saturated carbocycles. The average Bonchev–Trinajstić information content (AvgIpc) is 3.77. The summed E-state index contributed by atoms with van der Waals surface area (Å²) < 4.78 is 15.2. The molecule has 0 bridgehead atoms. The van der Waals surface area contributed by atoms with Gasteiger partial charge in [0.05, 0.1) is 84.2 Å². The van der Waals surface area contributed by atoms with Gasteiger partial charge in [-0.05, 0) is 63.1 Å². The van der Waals surface area contributed by atoms with E-state index in [1.165, 1.54) is 0 Å². The maximum absolute atomic E-state index is 12.0. The Hall–Kier alpha value is -4.99. The number of aliphatic hydroxyl groups is 6. The first-order valence-corrected chi connectivity index (χ1v) is 19.8. The van der Waals surface area contributed by atoms with Gasteiger partial charge in [-0.25, -0.2) is 14.4 Å². The van der Waals surface area contributed by atoms with E-state index in [2.05, 4.69) is 0 Å². The van der Waals surface area contributed by atoms with Crippen molar-refractivity contribution in [2.24, 2.45) is 40.4 Å². The first-order chi connectivity index (χ1) is 28.9. The summed E-state index contributed by atoms with van der Waals surface area (Å²) in [6.45, 7) is 1.47. The molecule has 61 heavy (non-hydrogen) atoms. The second kappa shape index (κ2) is 27.1. The van der Waals surface area contributed by atoms with Gasteiger partial charge in [0.15, 0.2) is 0 Å². The number of benzene rings is 1. The fraction of sp³-hybridized carbons (Fsp3) is 0.634. The van der Waals surface area contributed by atoms with Crippen LogP contribution in [0, 0.1) is 40.4 Å². The Morgan fingerprint density at radius 3 is 1.61 bits per heavy atom. The van der Waals surface area contributed by atoms with E-state index in [0.29, 0.717) is 51.4 Å². The van der Waals surface area contributed by atoms with Crippen molar-refractivity contribution >= 4 is 41.8 Å². The lowest BCUT2D eigenvalue weighted by atomic mass is 9.83. The van der Waals surface area contributed by atoms with Crippen LogP contribution in [0.1, 0.15) is 96.3 Å². The SMILES string of the molecule is CCC(CO)(CO)COC(=O)C1CCCC1C(=O)O.CCC(CO)(CO)COC(=O)c1ccc(C(=O)O)cc1C(=O)O.O=C(O)C1CC=CCC1C(=O)OCC(CO)CCO. The molecule has 20 nitrogen and oxygen atoms in total. The Balaban J connectivity index is 0.000000461. The fourth-order valence-electron chi connectivity index (χ4n) is 6.20. The van der Waals surface area contributed by atoms with Gasteiger partial charge in [-0.1, -0.05) is 32.4 Å². The van der Waals surface area contributed by atoms with E-state index in [1.54, 1.807) is 26.0 Å². The van der Waals surface area contributed by atoms with Crippen molar-refractivity contribution in [3.8, 4) is 0 Å². The minimum atomic E-state index is -1.47. The molecule has 5 atom stereocenters. The molecular weight excluding hydrogens is 812 g/mol. The number of aliphatic hydroxyl groups excluding tert-OH is 6. The number of carboxylic acid groups (broad SMARTS) is 4. The predicted octanol–water partition coefficient (Wildman–Crippen LogP) is 1.22. The summed E-state index contributed by atoms with van der Waals surface area (Å²) in [5.41, 5.74) is -2.92. The topological polar surface area (TPSA) is 349 Å². The third kappa shape index (κ3) is 16.4. The minimum Gasteiger partial charge on any atom is -0.481 e. The number of hydrogen-bond donors (Lipinski definition) is 10. The molecule has 1 aromatic rings. The van der Waals surface area contributed by atoms with Crippen LogP contribution in [0.2, 0.25) is 0 Å². The van der Waals surface area contributed by atoms with Crippen molar-refractivity contribution in [3.05, 3.63) is 47.0 Å². The van der Waals surface area contributed by atoms with Crippen LogP contribution < -0.4 is 0 Å². The quantitative estimate of drug-likeness (QED) is 0.0445. The maximum atomic E-state index is 12.0. The summed E-state index contributed by atoms with van der Waals surface area (Å²) in [5.74, 6) is -9.82. The van der Waals surface area contributed by atoms with Crippen molar-refractivity contribution in [2.45, 2.75) is 65.2 Å². The summed E-state index contributed by atoms with van der Waals surface area (Å²) in [4.78, 5) is 79.9. The average molecular weight is 873 g/mol. The second-order valence-corrected chi connectivity index (χ2v) is 15.1. The van der Waals surface area contributed by atoms with Crippen molar-refractivity contribution in [3.63, 3.8) is 0 Å². The largest absolute Gasteiger partial charge is 0.481 e. The summed E-state index contributed by atoms with van der Waals surface area (Å²) in [7, 11) is 0. The Morgan fingerprint density at radius 1 is 0.639 bits per heavy atom. The van der Waals surface area contributed by atoms with Crippen LogP contribution in [-0.2, 0) is 33.4 Å². The van der Waals surface area contributed by atoms with Crippen molar-refractivity contribution in [2.75, 3.05) is 59.5 Å². The van der Waals surface area contributed by atoms with Gasteiger partial charge < -0.3 is 65.3 Å². The van der Waals surface area contributed by atoms with E-state index in [1.807, 2.05) is 0 Å². The van der Waals surface area contributed by atoms with E-state index in [-0.39, 0.29) is 63.3 Å². The van der Waals surface area contributed by atoms with Gasteiger partial charge in [0.1, 0.15) is 13.2 Å². The molecule has 0 aromatic heterocycles. The molecule has 1 fully saturated rings. The third-order valence-corrected chi connectivity index (χ3v) is 11.0. The van der Waals surface area contributed by atoms with Crippen molar-refractivity contribution in [1.29, 1.82) is 0 Å². The van der Waals surface area contributed by atoms with Gasteiger partial charge >= 0.3 is 41.8 Å². The predicted molar refractivity (Wildman–Crippen MR) is 210 cm³/mol. The molecule has 0 amide bonds. The van der Waals surface area contributed by atoms with Crippen LogP contribution in [0.3, 0.4) is 0 Å². The van der Waals surface area contributed by atoms with E-state index in [4.69, 9.17) is 44.8 Å². The van der Waals surface area contributed by atoms with Crippen LogP contribution >= 0.6 is 0 Å². The van der Waals surface area contributed by atoms with Crippen LogP contribution in [0.5, 0.6) is 0 Å². The lowest BCUT2D eigenvalue weighted by Crippen LogP contribution is -2.37. The lowest BCUT2D eigenvalue weighted by Gasteiger charge is -2.28.